The van der Waals surface area contributed by atoms with Crippen LogP contribution in [0.5, 0.6) is 11.5 Å². The van der Waals surface area contributed by atoms with Gasteiger partial charge in [0.05, 0.1) is 24.8 Å². The van der Waals surface area contributed by atoms with Crippen LogP contribution >= 0.6 is 11.6 Å². The summed E-state index contributed by atoms with van der Waals surface area (Å²) in [5, 5.41) is 10.1. The number of nitrogens with zero attached hydrogens (tertiary/aromatic N) is 2. The Kier molecular flexibility index (Phi) is 4.03. The minimum Gasteiger partial charge on any atom is -0.503 e. The first-order valence-corrected chi connectivity index (χ1v) is 7.26. The van der Waals surface area contributed by atoms with E-state index in [0.717, 1.165) is 37.4 Å². The van der Waals surface area contributed by atoms with Crippen LogP contribution in [0.1, 0.15) is 12.8 Å². The molecule has 6 heteroatoms. The van der Waals surface area contributed by atoms with Crippen LogP contribution in [0.25, 0.3) is 11.4 Å². The average molecular weight is 309 g/mol. The Morgan fingerprint density at radius 1 is 1.52 bits per heavy atom. The predicted molar refractivity (Wildman–Crippen MR) is 79.9 cm³/mol. The van der Waals surface area contributed by atoms with Crippen molar-refractivity contribution in [3.8, 4) is 22.9 Å². The Bertz CT molecular complexity index is 636. The zero-order valence-corrected chi connectivity index (χ0v) is 12.5. The van der Waals surface area contributed by atoms with E-state index in [1.807, 2.05) is 10.8 Å². The summed E-state index contributed by atoms with van der Waals surface area (Å²) in [6, 6.07) is 3.42. The van der Waals surface area contributed by atoms with Crippen molar-refractivity contribution in [2.75, 3.05) is 13.7 Å². The third-order valence-corrected chi connectivity index (χ3v) is 3.93. The van der Waals surface area contributed by atoms with E-state index in [1.165, 1.54) is 7.11 Å². The summed E-state index contributed by atoms with van der Waals surface area (Å²) >= 11 is 6.05. The Balaban J connectivity index is 1.93. The van der Waals surface area contributed by atoms with E-state index in [4.69, 9.17) is 21.1 Å². The molecule has 1 aliphatic heterocycles. The van der Waals surface area contributed by atoms with Crippen LogP contribution in [-0.2, 0) is 11.3 Å². The second kappa shape index (κ2) is 5.95. The number of aromatic hydroxyl groups is 1. The molecule has 2 heterocycles. The fourth-order valence-electron chi connectivity index (χ4n) is 2.58. The van der Waals surface area contributed by atoms with Crippen LogP contribution in [-0.4, -0.2) is 34.5 Å². The quantitative estimate of drug-likeness (QED) is 0.943. The first-order valence-electron chi connectivity index (χ1n) is 6.88. The summed E-state index contributed by atoms with van der Waals surface area (Å²) in [5.41, 5.74) is 0.803. The normalized spacial score (nSPS) is 18.1. The lowest BCUT2D eigenvalue weighted by Crippen LogP contribution is -2.15. The number of rotatable bonds is 4. The molecule has 0 bridgehead atoms. The Labute approximate surface area is 128 Å². The van der Waals surface area contributed by atoms with Gasteiger partial charge in [-0.2, -0.15) is 0 Å². The largest absolute Gasteiger partial charge is 0.503 e. The fourth-order valence-corrected chi connectivity index (χ4v) is 2.79. The number of halogens is 1. The van der Waals surface area contributed by atoms with Gasteiger partial charge in [0, 0.05) is 24.6 Å². The number of imidazole rings is 1. The highest BCUT2D eigenvalue weighted by Crippen LogP contribution is 2.38. The SMILES string of the molecule is COc1cc(-c2nccn2C[C@@H]2CCCO2)cc(Cl)c1O. The van der Waals surface area contributed by atoms with Gasteiger partial charge in [-0.05, 0) is 25.0 Å². The molecule has 0 saturated carbocycles. The molecule has 0 spiro atoms. The number of phenolic OH excluding ortho intramolecular Hbond substituents is 1. The van der Waals surface area contributed by atoms with Gasteiger partial charge in [0.2, 0.25) is 0 Å². The van der Waals surface area contributed by atoms with Gasteiger partial charge in [0.1, 0.15) is 5.82 Å². The molecule has 1 aromatic carbocycles. The van der Waals surface area contributed by atoms with E-state index >= 15 is 0 Å². The zero-order valence-electron chi connectivity index (χ0n) is 11.8. The third kappa shape index (κ3) is 2.84. The smallest absolute Gasteiger partial charge is 0.176 e. The lowest BCUT2D eigenvalue weighted by Gasteiger charge is -2.14. The van der Waals surface area contributed by atoms with Crippen molar-refractivity contribution in [2.24, 2.45) is 0 Å². The Morgan fingerprint density at radius 3 is 3.10 bits per heavy atom. The van der Waals surface area contributed by atoms with Gasteiger partial charge in [-0.1, -0.05) is 11.6 Å². The molecule has 0 amide bonds. The second-order valence-corrected chi connectivity index (χ2v) is 5.45. The number of hydrogen-bond acceptors (Lipinski definition) is 4. The van der Waals surface area contributed by atoms with Crippen molar-refractivity contribution in [3.05, 3.63) is 29.5 Å². The van der Waals surface area contributed by atoms with Crippen LogP contribution in [0.3, 0.4) is 0 Å². The number of ether oxygens (including phenoxy) is 2. The standard InChI is InChI=1S/C15H17ClN2O3/c1-20-13-8-10(7-12(16)14(13)19)15-17-4-5-18(15)9-11-3-2-6-21-11/h4-5,7-8,11,19H,2-3,6,9H2,1H3/t11-/m0/s1. The summed E-state index contributed by atoms with van der Waals surface area (Å²) in [7, 11) is 1.49. The second-order valence-electron chi connectivity index (χ2n) is 5.05. The molecular formula is C15H17ClN2O3. The van der Waals surface area contributed by atoms with Gasteiger partial charge < -0.3 is 19.1 Å². The summed E-state index contributed by atoms with van der Waals surface area (Å²) < 4.78 is 12.8. The molecule has 5 nitrogen and oxygen atoms in total. The van der Waals surface area contributed by atoms with E-state index in [1.54, 1.807) is 18.3 Å². The molecule has 21 heavy (non-hydrogen) atoms. The molecular weight excluding hydrogens is 292 g/mol. The zero-order chi connectivity index (χ0) is 14.8. The van der Waals surface area contributed by atoms with Crippen molar-refractivity contribution in [1.29, 1.82) is 0 Å². The molecule has 1 saturated heterocycles. The summed E-state index contributed by atoms with van der Waals surface area (Å²) in [6.07, 6.45) is 6.07. The summed E-state index contributed by atoms with van der Waals surface area (Å²) in [5.74, 6) is 1.06. The van der Waals surface area contributed by atoms with Gasteiger partial charge in [-0.15, -0.1) is 0 Å². The van der Waals surface area contributed by atoms with E-state index in [0.29, 0.717) is 5.75 Å². The van der Waals surface area contributed by atoms with Crippen molar-refractivity contribution in [3.63, 3.8) is 0 Å². The number of benzene rings is 1. The first-order chi connectivity index (χ1) is 10.2. The predicted octanol–water partition coefficient (Wildman–Crippen LogP) is 3.10. The summed E-state index contributed by atoms with van der Waals surface area (Å²) in [4.78, 5) is 4.39. The monoisotopic (exact) mass is 308 g/mol. The van der Waals surface area contributed by atoms with Crippen LogP contribution in [0, 0.1) is 0 Å². The molecule has 2 aromatic rings. The fraction of sp³-hybridized carbons (Fsp3) is 0.400. The highest BCUT2D eigenvalue weighted by Gasteiger charge is 2.19. The number of hydrogen-bond donors (Lipinski definition) is 1. The first kappa shape index (κ1) is 14.2. The summed E-state index contributed by atoms with van der Waals surface area (Å²) in [6.45, 7) is 1.59. The topological polar surface area (TPSA) is 56.5 Å². The van der Waals surface area contributed by atoms with E-state index in [9.17, 15) is 5.11 Å². The molecule has 0 radical (unpaired) electrons. The third-order valence-electron chi connectivity index (χ3n) is 3.65. The molecule has 1 atom stereocenters. The highest BCUT2D eigenvalue weighted by atomic mass is 35.5. The van der Waals surface area contributed by atoms with Crippen molar-refractivity contribution >= 4 is 11.6 Å². The molecule has 3 rings (SSSR count). The lowest BCUT2D eigenvalue weighted by molar-refractivity contribution is 0.0974. The van der Waals surface area contributed by atoms with Gasteiger partial charge in [-0.25, -0.2) is 4.98 Å². The van der Waals surface area contributed by atoms with Gasteiger partial charge in [0.25, 0.3) is 0 Å². The van der Waals surface area contributed by atoms with Crippen LogP contribution < -0.4 is 4.74 Å². The maximum Gasteiger partial charge on any atom is 0.176 e. The van der Waals surface area contributed by atoms with Gasteiger partial charge in [-0.3, -0.25) is 0 Å². The lowest BCUT2D eigenvalue weighted by atomic mass is 10.1. The molecule has 1 aromatic heterocycles. The van der Waals surface area contributed by atoms with E-state index < -0.39 is 0 Å². The molecule has 1 fully saturated rings. The number of aromatic nitrogens is 2. The van der Waals surface area contributed by atoms with Gasteiger partial charge in [0.15, 0.2) is 11.5 Å². The van der Waals surface area contributed by atoms with Gasteiger partial charge >= 0.3 is 0 Å². The average Bonchev–Trinajstić information content (AvgIpc) is 3.14. The number of phenols is 1. The minimum absolute atomic E-state index is 0.0554. The maximum absolute atomic E-state index is 9.81. The van der Waals surface area contributed by atoms with Crippen molar-refractivity contribution < 1.29 is 14.6 Å². The molecule has 1 N–H and O–H groups in total. The van der Waals surface area contributed by atoms with Crippen molar-refractivity contribution in [2.45, 2.75) is 25.5 Å². The molecule has 0 unspecified atom stereocenters. The highest BCUT2D eigenvalue weighted by molar-refractivity contribution is 6.32. The Hall–Kier alpha value is -1.72. The van der Waals surface area contributed by atoms with Crippen LogP contribution in [0.2, 0.25) is 5.02 Å². The van der Waals surface area contributed by atoms with Crippen LogP contribution in [0.4, 0.5) is 0 Å². The Morgan fingerprint density at radius 2 is 2.38 bits per heavy atom. The van der Waals surface area contributed by atoms with E-state index in [2.05, 4.69) is 4.98 Å². The molecule has 112 valence electrons. The van der Waals surface area contributed by atoms with Crippen molar-refractivity contribution in [1.82, 2.24) is 9.55 Å². The number of methoxy groups -OCH3 is 1. The maximum atomic E-state index is 9.81. The van der Waals surface area contributed by atoms with E-state index in [-0.39, 0.29) is 16.9 Å². The molecule has 1 aliphatic rings. The van der Waals surface area contributed by atoms with Crippen LogP contribution in [0.15, 0.2) is 24.5 Å². The minimum atomic E-state index is -0.0554. The molecule has 0 aliphatic carbocycles.